The van der Waals surface area contributed by atoms with Crippen molar-refractivity contribution in [3.63, 3.8) is 0 Å². The van der Waals surface area contributed by atoms with Crippen molar-refractivity contribution in [2.45, 2.75) is 59.4 Å². The van der Waals surface area contributed by atoms with E-state index < -0.39 is 0 Å². The fourth-order valence-electron chi connectivity index (χ4n) is 2.55. The van der Waals surface area contributed by atoms with Crippen molar-refractivity contribution < 1.29 is 0 Å². The third-order valence-corrected chi connectivity index (χ3v) is 3.39. The zero-order valence-corrected chi connectivity index (χ0v) is 11.9. The molecule has 1 fully saturated rings. The van der Waals surface area contributed by atoms with Crippen molar-refractivity contribution in [1.29, 1.82) is 0 Å². The highest BCUT2D eigenvalue weighted by atomic mass is 15.2. The van der Waals surface area contributed by atoms with E-state index in [0.29, 0.717) is 5.41 Å². The molecule has 1 rings (SSSR count). The van der Waals surface area contributed by atoms with Gasteiger partial charge in [0, 0.05) is 25.2 Å². The summed E-state index contributed by atoms with van der Waals surface area (Å²) in [4.78, 5) is 2.65. The van der Waals surface area contributed by atoms with Crippen LogP contribution in [0.4, 0.5) is 0 Å². The summed E-state index contributed by atoms with van der Waals surface area (Å²) in [6, 6.07) is 0. The zero-order chi connectivity index (χ0) is 12.2. The van der Waals surface area contributed by atoms with Gasteiger partial charge in [-0.15, -0.1) is 0 Å². The Morgan fingerprint density at radius 1 is 1.06 bits per heavy atom. The first-order valence-electron chi connectivity index (χ1n) is 6.82. The molecule has 0 saturated carbocycles. The quantitative estimate of drug-likeness (QED) is 0.742. The second kappa shape index (κ2) is 5.50. The number of nitrogens with one attached hydrogen (secondary N) is 1. The summed E-state index contributed by atoms with van der Waals surface area (Å²) in [5.41, 5.74) is 0.667. The Labute approximate surface area is 102 Å². The number of hydrogen-bond acceptors (Lipinski definition) is 2. The normalized spacial score (nSPS) is 25.3. The Kier molecular flexibility index (Phi) is 4.81. The fraction of sp³-hybridized carbons (Fsp3) is 1.00. The standard InChI is InChI=1S/C14H30N2/c1-6-7-8-9-16-11-13(2,3)10-15-14(4,5)12-16/h15H,6-12H2,1-5H3. The third kappa shape index (κ3) is 4.84. The second-order valence-corrected chi connectivity index (χ2v) is 6.82. The SMILES string of the molecule is CCCCCN1CC(C)(C)CNC(C)(C)C1. The van der Waals surface area contributed by atoms with Crippen LogP contribution >= 0.6 is 0 Å². The zero-order valence-electron chi connectivity index (χ0n) is 11.9. The lowest BCUT2D eigenvalue weighted by atomic mass is 9.93. The minimum absolute atomic E-state index is 0.264. The fourth-order valence-corrected chi connectivity index (χ4v) is 2.55. The summed E-state index contributed by atoms with van der Waals surface area (Å²) in [6.45, 7) is 16.5. The van der Waals surface area contributed by atoms with Gasteiger partial charge >= 0.3 is 0 Å². The summed E-state index contributed by atoms with van der Waals surface area (Å²) in [5.74, 6) is 0. The summed E-state index contributed by atoms with van der Waals surface area (Å²) >= 11 is 0. The molecule has 2 heteroatoms. The molecule has 1 N–H and O–H groups in total. The van der Waals surface area contributed by atoms with Crippen molar-refractivity contribution in [3.8, 4) is 0 Å². The number of hydrogen-bond donors (Lipinski definition) is 1. The van der Waals surface area contributed by atoms with Crippen LogP contribution in [0.3, 0.4) is 0 Å². The van der Waals surface area contributed by atoms with Crippen LogP contribution in [0.25, 0.3) is 0 Å². The topological polar surface area (TPSA) is 15.3 Å². The van der Waals surface area contributed by atoms with E-state index in [-0.39, 0.29) is 5.54 Å². The van der Waals surface area contributed by atoms with E-state index in [9.17, 15) is 0 Å². The van der Waals surface area contributed by atoms with Gasteiger partial charge in [-0.05, 0) is 32.2 Å². The minimum atomic E-state index is 0.264. The lowest BCUT2D eigenvalue weighted by molar-refractivity contribution is 0.187. The van der Waals surface area contributed by atoms with Crippen LogP contribution in [0.15, 0.2) is 0 Å². The van der Waals surface area contributed by atoms with E-state index in [1.165, 1.54) is 38.9 Å². The highest BCUT2D eigenvalue weighted by Crippen LogP contribution is 2.23. The Morgan fingerprint density at radius 2 is 1.75 bits per heavy atom. The average molecular weight is 226 g/mol. The van der Waals surface area contributed by atoms with Gasteiger partial charge in [-0.25, -0.2) is 0 Å². The van der Waals surface area contributed by atoms with Crippen LogP contribution < -0.4 is 5.32 Å². The molecule has 1 heterocycles. The molecule has 0 unspecified atom stereocenters. The predicted molar refractivity (Wildman–Crippen MR) is 71.8 cm³/mol. The molecular weight excluding hydrogens is 196 g/mol. The highest BCUT2D eigenvalue weighted by Gasteiger charge is 2.31. The van der Waals surface area contributed by atoms with Crippen molar-refractivity contribution in [3.05, 3.63) is 0 Å². The molecule has 2 nitrogen and oxygen atoms in total. The molecule has 0 radical (unpaired) electrons. The Morgan fingerprint density at radius 3 is 2.38 bits per heavy atom. The van der Waals surface area contributed by atoms with E-state index in [1.807, 2.05) is 0 Å². The van der Waals surface area contributed by atoms with Gasteiger partial charge in [-0.1, -0.05) is 33.6 Å². The highest BCUT2D eigenvalue weighted by molar-refractivity contribution is 4.90. The average Bonchev–Trinajstić information content (AvgIpc) is 2.23. The van der Waals surface area contributed by atoms with Gasteiger partial charge in [-0.2, -0.15) is 0 Å². The van der Waals surface area contributed by atoms with Crippen LogP contribution in [0, 0.1) is 5.41 Å². The van der Waals surface area contributed by atoms with Crippen LogP contribution in [0.5, 0.6) is 0 Å². The monoisotopic (exact) mass is 226 g/mol. The molecule has 1 aliphatic rings. The molecule has 16 heavy (non-hydrogen) atoms. The molecule has 0 bridgehead atoms. The summed E-state index contributed by atoms with van der Waals surface area (Å²) in [6.07, 6.45) is 4.03. The Balaban J connectivity index is 2.52. The van der Waals surface area contributed by atoms with Gasteiger partial charge in [0.15, 0.2) is 0 Å². The van der Waals surface area contributed by atoms with Gasteiger partial charge in [0.25, 0.3) is 0 Å². The minimum Gasteiger partial charge on any atom is -0.310 e. The van der Waals surface area contributed by atoms with E-state index in [4.69, 9.17) is 0 Å². The van der Waals surface area contributed by atoms with Crippen LogP contribution in [0.2, 0.25) is 0 Å². The van der Waals surface area contributed by atoms with Crippen molar-refractivity contribution >= 4 is 0 Å². The molecule has 0 amide bonds. The summed E-state index contributed by atoms with van der Waals surface area (Å²) in [7, 11) is 0. The molecule has 0 aromatic carbocycles. The van der Waals surface area contributed by atoms with Gasteiger partial charge in [0.05, 0.1) is 0 Å². The summed E-state index contributed by atoms with van der Waals surface area (Å²) in [5, 5.41) is 3.69. The molecule has 96 valence electrons. The van der Waals surface area contributed by atoms with Gasteiger partial charge in [0.1, 0.15) is 0 Å². The van der Waals surface area contributed by atoms with Crippen molar-refractivity contribution in [1.82, 2.24) is 10.2 Å². The third-order valence-electron chi connectivity index (χ3n) is 3.39. The molecule has 0 atom stereocenters. The largest absolute Gasteiger partial charge is 0.310 e. The molecule has 0 aromatic heterocycles. The Bertz CT molecular complexity index is 191. The Hall–Kier alpha value is -0.0800. The molecule has 1 aliphatic heterocycles. The maximum atomic E-state index is 3.69. The summed E-state index contributed by atoms with van der Waals surface area (Å²) < 4.78 is 0. The first kappa shape index (κ1) is 14.0. The molecule has 0 aliphatic carbocycles. The molecule has 0 aromatic rings. The van der Waals surface area contributed by atoms with Crippen molar-refractivity contribution in [2.75, 3.05) is 26.2 Å². The molecule has 1 saturated heterocycles. The number of rotatable bonds is 4. The first-order valence-corrected chi connectivity index (χ1v) is 6.82. The van der Waals surface area contributed by atoms with E-state index in [0.717, 1.165) is 6.54 Å². The molecule has 0 spiro atoms. The number of nitrogens with zero attached hydrogens (tertiary/aromatic N) is 1. The smallest absolute Gasteiger partial charge is 0.0252 e. The van der Waals surface area contributed by atoms with Gasteiger partial charge in [-0.3, -0.25) is 0 Å². The first-order chi connectivity index (χ1) is 7.35. The van der Waals surface area contributed by atoms with Gasteiger partial charge in [0.2, 0.25) is 0 Å². The maximum Gasteiger partial charge on any atom is 0.0252 e. The van der Waals surface area contributed by atoms with Crippen LogP contribution in [-0.4, -0.2) is 36.6 Å². The van der Waals surface area contributed by atoms with Crippen molar-refractivity contribution in [2.24, 2.45) is 5.41 Å². The maximum absolute atomic E-state index is 3.69. The van der Waals surface area contributed by atoms with E-state index in [2.05, 4.69) is 44.8 Å². The molecular formula is C14H30N2. The van der Waals surface area contributed by atoms with E-state index in [1.54, 1.807) is 0 Å². The van der Waals surface area contributed by atoms with Crippen LogP contribution in [0.1, 0.15) is 53.9 Å². The van der Waals surface area contributed by atoms with E-state index >= 15 is 0 Å². The number of unbranched alkanes of at least 4 members (excludes halogenated alkanes) is 2. The predicted octanol–water partition coefficient (Wildman–Crippen LogP) is 2.89. The second-order valence-electron chi connectivity index (χ2n) is 6.82. The van der Waals surface area contributed by atoms with Gasteiger partial charge < -0.3 is 10.2 Å². The lowest BCUT2D eigenvalue weighted by Crippen LogP contribution is -2.46. The lowest BCUT2D eigenvalue weighted by Gasteiger charge is -2.30. The van der Waals surface area contributed by atoms with Crippen LogP contribution in [-0.2, 0) is 0 Å².